The maximum absolute atomic E-state index is 2.43. The molecule has 0 amide bonds. The lowest BCUT2D eigenvalue weighted by molar-refractivity contribution is 0.273. The Balaban J connectivity index is 1.29. The number of benzene rings is 2. The molecular formula is C33H48. The first-order chi connectivity index (χ1) is 16.2. The first-order valence-electron chi connectivity index (χ1n) is 14.4. The molecule has 0 heterocycles. The van der Waals surface area contributed by atoms with Gasteiger partial charge in [-0.05, 0) is 110 Å². The summed E-state index contributed by atoms with van der Waals surface area (Å²) in [6.45, 7) is 7.09. The molecule has 1 atom stereocenters. The number of hydrogen-bond acceptors (Lipinski definition) is 0. The van der Waals surface area contributed by atoms with Gasteiger partial charge >= 0.3 is 0 Å². The van der Waals surface area contributed by atoms with Crippen LogP contribution < -0.4 is 0 Å². The molecule has 0 nitrogen and oxygen atoms in total. The predicted octanol–water partition coefficient (Wildman–Crippen LogP) is 10.5. The van der Waals surface area contributed by atoms with Gasteiger partial charge in [-0.1, -0.05) is 95.0 Å². The monoisotopic (exact) mass is 444 g/mol. The Bertz CT molecular complexity index is 798. The summed E-state index contributed by atoms with van der Waals surface area (Å²) < 4.78 is 0. The van der Waals surface area contributed by atoms with Crippen molar-refractivity contribution < 1.29 is 0 Å². The van der Waals surface area contributed by atoms with Gasteiger partial charge in [0, 0.05) is 0 Å². The summed E-state index contributed by atoms with van der Waals surface area (Å²) in [4.78, 5) is 0. The molecule has 2 saturated carbocycles. The minimum absolute atomic E-state index is 0.780. The van der Waals surface area contributed by atoms with E-state index in [2.05, 4.69) is 69.3 Å². The zero-order valence-electron chi connectivity index (χ0n) is 21.7. The lowest BCUT2D eigenvalue weighted by Crippen LogP contribution is -2.15. The molecule has 2 aromatic rings. The van der Waals surface area contributed by atoms with E-state index >= 15 is 0 Å². The first-order valence-corrected chi connectivity index (χ1v) is 14.4. The van der Waals surface area contributed by atoms with E-state index in [1.807, 2.05) is 0 Å². The van der Waals surface area contributed by atoms with E-state index in [1.165, 1.54) is 94.6 Å². The van der Waals surface area contributed by atoms with Gasteiger partial charge in [0.2, 0.25) is 0 Å². The molecule has 2 aliphatic carbocycles. The van der Waals surface area contributed by atoms with Gasteiger partial charge in [-0.25, -0.2) is 0 Å². The topological polar surface area (TPSA) is 0 Å². The molecule has 0 heteroatoms. The van der Waals surface area contributed by atoms with Crippen LogP contribution in [-0.2, 0) is 0 Å². The highest BCUT2D eigenvalue weighted by Gasteiger charge is 2.24. The average molecular weight is 445 g/mol. The molecular weight excluding hydrogens is 396 g/mol. The van der Waals surface area contributed by atoms with Crippen molar-refractivity contribution in [3.05, 3.63) is 59.7 Å². The molecule has 0 bridgehead atoms. The molecule has 0 N–H and O–H groups in total. The highest BCUT2D eigenvalue weighted by atomic mass is 14.3. The molecule has 0 aromatic heterocycles. The Labute approximate surface area is 204 Å². The third-order valence-electron chi connectivity index (χ3n) is 9.19. The molecule has 2 aromatic carbocycles. The fourth-order valence-corrected chi connectivity index (χ4v) is 6.64. The van der Waals surface area contributed by atoms with Gasteiger partial charge in [-0.3, -0.25) is 0 Å². The quantitative estimate of drug-likeness (QED) is 0.361. The SMILES string of the molecule is CCCC[C@H]1CC[C@H](c2ccc(-c3ccc([C@H]4CC[C@H](CC(C)CC)CC4)cc3)cc2)CC1. The molecule has 1 unspecified atom stereocenters. The van der Waals surface area contributed by atoms with Crippen LogP contribution in [0.4, 0.5) is 0 Å². The van der Waals surface area contributed by atoms with Crippen LogP contribution in [0, 0.1) is 17.8 Å². The smallest absolute Gasteiger partial charge is 0.0162 e. The molecule has 33 heavy (non-hydrogen) atoms. The lowest BCUT2D eigenvalue weighted by Gasteiger charge is -2.30. The Morgan fingerprint density at radius 3 is 1.52 bits per heavy atom. The zero-order valence-corrected chi connectivity index (χ0v) is 21.7. The second kappa shape index (κ2) is 12.2. The molecule has 0 saturated heterocycles. The van der Waals surface area contributed by atoms with Crippen molar-refractivity contribution >= 4 is 0 Å². The van der Waals surface area contributed by atoms with Gasteiger partial charge in [0.15, 0.2) is 0 Å². The Morgan fingerprint density at radius 1 is 0.636 bits per heavy atom. The third-order valence-corrected chi connectivity index (χ3v) is 9.19. The number of rotatable bonds is 9. The molecule has 0 radical (unpaired) electrons. The van der Waals surface area contributed by atoms with Gasteiger partial charge in [0.1, 0.15) is 0 Å². The summed E-state index contributed by atoms with van der Waals surface area (Å²) in [5, 5.41) is 0. The minimum Gasteiger partial charge on any atom is -0.0654 e. The first kappa shape index (κ1) is 24.6. The standard InChI is InChI=1S/C33H48/c1-4-6-7-26-8-12-28(13-9-26)30-16-20-32(21-17-30)33-22-18-31(19-23-33)29-14-10-27(11-15-29)24-25(3)5-2/h16-23,25-29H,4-15,24H2,1-3H3/t25?,26-,27-,28-,29-. The zero-order chi connectivity index (χ0) is 23.0. The summed E-state index contributed by atoms with van der Waals surface area (Å²) >= 11 is 0. The molecule has 4 rings (SSSR count). The van der Waals surface area contributed by atoms with Crippen molar-refractivity contribution in [1.82, 2.24) is 0 Å². The van der Waals surface area contributed by atoms with Gasteiger partial charge < -0.3 is 0 Å². The second-order valence-electron chi connectivity index (χ2n) is 11.6. The molecule has 0 aliphatic heterocycles. The van der Waals surface area contributed by atoms with Crippen molar-refractivity contribution in [2.24, 2.45) is 17.8 Å². The predicted molar refractivity (Wildman–Crippen MR) is 145 cm³/mol. The summed E-state index contributed by atoms with van der Waals surface area (Å²) in [6, 6.07) is 19.1. The fraction of sp³-hybridized carbons (Fsp3) is 0.636. The van der Waals surface area contributed by atoms with Crippen molar-refractivity contribution in [3.63, 3.8) is 0 Å². The molecule has 2 fully saturated rings. The Morgan fingerprint density at radius 2 is 1.09 bits per heavy atom. The summed E-state index contributed by atoms with van der Waals surface area (Å²) in [6.07, 6.45) is 18.3. The lowest BCUT2D eigenvalue weighted by atomic mass is 9.75. The molecule has 180 valence electrons. The van der Waals surface area contributed by atoms with Crippen LogP contribution in [0.1, 0.15) is 127 Å². The van der Waals surface area contributed by atoms with Crippen molar-refractivity contribution in [2.45, 2.75) is 116 Å². The van der Waals surface area contributed by atoms with Gasteiger partial charge in [-0.15, -0.1) is 0 Å². The van der Waals surface area contributed by atoms with Crippen LogP contribution in [0.15, 0.2) is 48.5 Å². The minimum atomic E-state index is 0.780. The van der Waals surface area contributed by atoms with E-state index < -0.39 is 0 Å². The van der Waals surface area contributed by atoms with E-state index in [1.54, 1.807) is 11.1 Å². The third kappa shape index (κ3) is 6.74. The van der Waals surface area contributed by atoms with Crippen LogP contribution in [-0.4, -0.2) is 0 Å². The van der Waals surface area contributed by atoms with Gasteiger partial charge in [0.05, 0.1) is 0 Å². The van der Waals surface area contributed by atoms with Gasteiger partial charge in [-0.2, -0.15) is 0 Å². The largest absolute Gasteiger partial charge is 0.0654 e. The Hall–Kier alpha value is -1.56. The van der Waals surface area contributed by atoms with Crippen LogP contribution in [0.3, 0.4) is 0 Å². The van der Waals surface area contributed by atoms with Gasteiger partial charge in [0.25, 0.3) is 0 Å². The summed E-state index contributed by atoms with van der Waals surface area (Å²) in [7, 11) is 0. The van der Waals surface area contributed by atoms with Crippen molar-refractivity contribution in [2.75, 3.05) is 0 Å². The van der Waals surface area contributed by atoms with Crippen LogP contribution in [0.5, 0.6) is 0 Å². The van der Waals surface area contributed by atoms with Crippen molar-refractivity contribution in [1.29, 1.82) is 0 Å². The van der Waals surface area contributed by atoms with E-state index in [0.717, 1.165) is 29.6 Å². The Kier molecular flexibility index (Phi) is 9.10. The maximum Gasteiger partial charge on any atom is -0.0162 e. The maximum atomic E-state index is 2.43. The van der Waals surface area contributed by atoms with Crippen LogP contribution in [0.2, 0.25) is 0 Å². The molecule has 0 spiro atoms. The van der Waals surface area contributed by atoms with Crippen molar-refractivity contribution in [3.8, 4) is 11.1 Å². The van der Waals surface area contributed by atoms with E-state index in [-0.39, 0.29) is 0 Å². The van der Waals surface area contributed by atoms with E-state index in [9.17, 15) is 0 Å². The average Bonchev–Trinajstić information content (AvgIpc) is 2.88. The van der Waals surface area contributed by atoms with E-state index in [4.69, 9.17) is 0 Å². The summed E-state index contributed by atoms with van der Waals surface area (Å²) in [5.41, 5.74) is 5.88. The summed E-state index contributed by atoms with van der Waals surface area (Å²) in [5.74, 6) is 4.43. The van der Waals surface area contributed by atoms with E-state index in [0.29, 0.717) is 0 Å². The molecule has 2 aliphatic rings. The fourth-order valence-electron chi connectivity index (χ4n) is 6.64. The number of unbranched alkanes of at least 4 members (excludes halogenated alkanes) is 1. The normalized spacial score (nSPS) is 26.8. The van der Waals surface area contributed by atoms with Crippen LogP contribution >= 0.6 is 0 Å². The highest BCUT2D eigenvalue weighted by molar-refractivity contribution is 5.64. The number of hydrogen-bond donors (Lipinski definition) is 0. The van der Waals surface area contributed by atoms with Crippen LogP contribution in [0.25, 0.3) is 11.1 Å². The second-order valence-corrected chi connectivity index (χ2v) is 11.6. The highest BCUT2D eigenvalue weighted by Crippen LogP contribution is 2.40.